The van der Waals surface area contributed by atoms with Gasteiger partial charge in [-0.05, 0) is 38.3 Å². The molecule has 0 radical (unpaired) electrons. The van der Waals surface area contributed by atoms with Crippen LogP contribution >= 0.6 is 0 Å². The third-order valence-corrected chi connectivity index (χ3v) is 6.87. The van der Waals surface area contributed by atoms with Gasteiger partial charge in [-0.1, -0.05) is 44.8 Å². The van der Waals surface area contributed by atoms with Gasteiger partial charge in [-0.2, -0.15) is 0 Å². The minimum Gasteiger partial charge on any atom is -0.466 e. The topological polar surface area (TPSA) is 92.8 Å². The van der Waals surface area contributed by atoms with E-state index in [1.807, 2.05) is 0 Å². The van der Waals surface area contributed by atoms with Gasteiger partial charge in [0.05, 0.1) is 18.9 Å². The van der Waals surface area contributed by atoms with E-state index in [0.29, 0.717) is 19.4 Å². The molecule has 1 spiro atoms. The highest BCUT2D eigenvalue weighted by atomic mass is 16.5. The smallest absolute Gasteiger partial charge is 0.306 e. The van der Waals surface area contributed by atoms with Crippen LogP contribution in [0.1, 0.15) is 65.2 Å². The molecule has 2 amide bonds. The quantitative estimate of drug-likeness (QED) is 0.472. The van der Waals surface area contributed by atoms with Gasteiger partial charge in [-0.15, -0.1) is 0 Å². The Labute approximate surface area is 184 Å². The number of carbonyl (C=O) groups excluding carboxylic acids is 4. The van der Waals surface area contributed by atoms with E-state index in [-0.39, 0.29) is 37.2 Å². The molecular formula is C24H34N2O5. The van der Waals surface area contributed by atoms with Crippen LogP contribution in [0.3, 0.4) is 0 Å². The van der Waals surface area contributed by atoms with Gasteiger partial charge in [0.2, 0.25) is 11.8 Å². The van der Waals surface area contributed by atoms with Crippen molar-refractivity contribution in [2.45, 2.75) is 70.8 Å². The lowest BCUT2D eigenvalue weighted by Crippen LogP contribution is -2.60. The summed E-state index contributed by atoms with van der Waals surface area (Å²) in [4.78, 5) is 52.9. The minimum absolute atomic E-state index is 0.0699. The molecule has 7 nitrogen and oxygen atoms in total. The van der Waals surface area contributed by atoms with E-state index < -0.39 is 22.8 Å². The molecule has 0 aromatic heterocycles. The fourth-order valence-electron chi connectivity index (χ4n) is 5.13. The van der Waals surface area contributed by atoms with E-state index in [4.69, 9.17) is 4.74 Å². The van der Waals surface area contributed by atoms with Crippen molar-refractivity contribution in [2.24, 2.45) is 11.3 Å². The average Bonchev–Trinajstić information content (AvgIpc) is 3.03. The molecule has 1 N–H and O–H groups in total. The molecule has 1 aliphatic heterocycles. The van der Waals surface area contributed by atoms with E-state index in [9.17, 15) is 19.2 Å². The Hall–Kier alpha value is -2.44. The maximum Gasteiger partial charge on any atom is 0.306 e. The molecule has 0 aromatic rings. The van der Waals surface area contributed by atoms with E-state index in [2.05, 4.69) is 12.2 Å². The first-order chi connectivity index (χ1) is 14.9. The third kappa shape index (κ3) is 4.60. The zero-order valence-electron chi connectivity index (χ0n) is 18.7. The molecule has 0 bridgehead atoms. The Kier molecular flexibility index (Phi) is 7.34. The predicted molar refractivity (Wildman–Crippen MR) is 116 cm³/mol. The van der Waals surface area contributed by atoms with Crippen LogP contribution in [0.15, 0.2) is 24.3 Å². The monoisotopic (exact) mass is 430 g/mol. The summed E-state index contributed by atoms with van der Waals surface area (Å²) in [5, 5.41) is 3.05. The molecule has 1 unspecified atom stereocenters. The number of rotatable bonds is 8. The van der Waals surface area contributed by atoms with Crippen molar-refractivity contribution < 1.29 is 23.9 Å². The molecule has 2 aliphatic carbocycles. The number of hydrogen-bond acceptors (Lipinski definition) is 5. The molecule has 2 fully saturated rings. The number of hydrogen-bond donors (Lipinski definition) is 1. The van der Waals surface area contributed by atoms with Crippen molar-refractivity contribution in [3.05, 3.63) is 24.3 Å². The first kappa shape index (κ1) is 23.2. The maximum atomic E-state index is 13.7. The van der Waals surface area contributed by atoms with Gasteiger partial charge in [0, 0.05) is 18.5 Å². The largest absolute Gasteiger partial charge is 0.466 e. The van der Waals surface area contributed by atoms with Gasteiger partial charge in [-0.3, -0.25) is 19.2 Å². The lowest BCUT2D eigenvalue weighted by molar-refractivity contribution is -0.151. The summed E-state index contributed by atoms with van der Waals surface area (Å²) in [5.74, 6) is -1.57. The van der Waals surface area contributed by atoms with Gasteiger partial charge in [-0.25, -0.2) is 0 Å². The van der Waals surface area contributed by atoms with E-state index in [1.165, 1.54) is 12.2 Å². The van der Waals surface area contributed by atoms with Crippen molar-refractivity contribution in [3.63, 3.8) is 0 Å². The average molecular weight is 431 g/mol. The molecule has 1 saturated carbocycles. The van der Waals surface area contributed by atoms with Crippen LogP contribution in [0.4, 0.5) is 0 Å². The van der Waals surface area contributed by atoms with Crippen LogP contribution < -0.4 is 5.32 Å². The van der Waals surface area contributed by atoms with Crippen LogP contribution in [-0.2, 0) is 23.9 Å². The number of carbonyl (C=O) groups is 4. The fourth-order valence-corrected chi connectivity index (χ4v) is 5.13. The zero-order valence-corrected chi connectivity index (χ0v) is 18.7. The van der Waals surface area contributed by atoms with Gasteiger partial charge < -0.3 is 15.0 Å². The van der Waals surface area contributed by atoms with Crippen molar-refractivity contribution in [1.29, 1.82) is 0 Å². The van der Waals surface area contributed by atoms with E-state index >= 15 is 0 Å². The zero-order chi connectivity index (χ0) is 22.5. The van der Waals surface area contributed by atoms with Crippen LogP contribution in [0, 0.1) is 11.3 Å². The summed E-state index contributed by atoms with van der Waals surface area (Å²) in [6.07, 6.45) is 12.2. The second-order valence-corrected chi connectivity index (χ2v) is 8.87. The number of likely N-dealkylation sites (tertiary alicyclic amines) is 1. The van der Waals surface area contributed by atoms with Crippen LogP contribution in [0.25, 0.3) is 0 Å². The first-order valence-corrected chi connectivity index (χ1v) is 11.6. The van der Waals surface area contributed by atoms with E-state index in [0.717, 1.165) is 32.1 Å². The highest BCUT2D eigenvalue weighted by Crippen LogP contribution is 2.48. The molecule has 3 aliphatic rings. The van der Waals surface area contributed by atoms with E-state index in [1.54, 1.807) is 24.0 Å². The molecular weight excluding hydrogens is 396 g/mol. The fraction of sp³-hybridized carbons (Fsp3) is 0.667. The number of nitrogens with one attached hydrogen (secondary N) is 1. The highest BCUT2D eigenvalue weighted by Gasteiger charge is 2.58. The molecule has 7 heteroatoms. The van der Waals surface area contributed by atoms with Crippen molar-refractivity contribution in [3.8, 4) is 0 Å². The lowest BCUT2D eigenvalue weighted by Gasteiger charge is -2.44. The van der Waals surface area contributed by atoms with Crippen LogP contribution in [-0.4, -0.2) is 53.7 Å². The number of ketones is 1. The molecule has 0 aromatic carbocycles. The number of ether oxygens (including phenoxy) is 1. The molecule has 170 valence electrons. The minimum atomic E-state index is -0.900. The normalized spacial score (nSPS) is 23.9. The molecule has 1 heterocycles. The Morgan fingerprint density at radius 2 is 1.81 bits per heavy atom. The summed E-state index contributed by atoms with van der Waals surface area (Å²) in [7, 11) is 0. The molecule has 31 heavy (non-hydrogen) atoms. The highest BCUT2D eigenvalue weighted by molar-refractivity contribution is 6.02. The summed E-state index contributed by atoms with van der Waals surface area (Å²) in [6, 6.07) is 0. The Morgan fingerprint density at radius 1 is 1.13 bits per heavy atom. The van der Waals surface area contributed by atoms with Gasteiger partial charge >= 0.3 is 5.97 Å². The van der Waals surface area contributed by atoms with Gasteiger partial charge in [0.1, 0.15) is 5.54 Å². The number of unbranched alkanes of at least 4 members (excludes halogenated alkanes) is 1. The maximum absolute atomic E-state index is 13.7. The van der Waals surface area contributed by atoms with Crippen molar-refractivity contribution in [1.82, 2.24) is 10.2 Å². The predicted octanol–water partition coefficient (Wildman–Crippen LogP) is 2.70. The first-order valence-electron chi connectivity index (χ1n) is 11.6. The summed E-state index contributed by atoms with van der Waals surface area (Å²) in [6.45, 7) is 4.92. The lowest BCUT2D eigenvalue weighted by atomic mass is 9.73. The summed E-state index contributed by atoms with van der Waals surface area (Å²) in [5.41, 5.74) is -1.69. The van der Waals surface area contributed by atoms with Crippen molar-refractivity contribution >= 4 is 23.6 Å². The Morgan fingerprint density at radius 3 is 2.42 bits per heavy atom. The van der Waals surface area contributed by atoms with Gasteiger partial charge in [0.15, 0.2) is 5.78 Å². The molecule has 3 rings (SSSR count). The van der Waals surface area contributed by atoms with Crippen LogP contribution in [0.5, 0.6) is 0 Å². The number of amides is 2. The Balaban J connectivity index is 1.94. The standard InChI is InChI=1S/C24H34N2O5/c1-3-5-15-25-22(30)24(11-7-6-8-12-24)26-17-23(13-9-18(27)10-14-23)19(21(26)29)16-20(28)31-4-2/h9-10,13-14,19H,3-8,11-12,15-17H2,1-2H3,(H,25,30). The number of esters is 1. The second-order valence-electron chi connectivity index (χ2n) is 8.87. The van der Waals surface area contributed by atoms with Gasteiger partial charge in [0.25, 0.3) is 0 Å². The molecule has 1 atom stereocenters. The second kappa shape index (κ2) is 9.79. The Bertz CT molecular complexity index is 763. The summed E-state index contributed by atoms with van der Waals surface area (Å²) < 4.78 is 5.12. The van der Waals surface area contributed by atoms with Crippen molar-refractivity contribution in [2.75, 3.05) is 19.7 Å². The third-order valence-electron chi connectivity index (χ3n) is 6.87. The summed E-state index contributed by atoms with van der Waals surface area (Å²) >= 11 is 0. The number of nitrogens with zero attached hydrogens (tertiary/aromatic N) is 1. The molecule has 1 saturated heterocycles. The van der Waals surface area contributed by atoms with Crippen LogP contribution in [0.2, 0.25) is 0 Å². The SMILES string of the molecule is CCCCNC(=O)C1(N2CC3(C=CC(=O)C=C3)C(CC(=O)OCC)C2=O)CCCCC1. The number of allylic oxidation sites excluding steroid dienone is 2.